The third kappa shape index (κ3) is 5.13. The molecule has 0 spiro atoms. The number of hydrogen-bond acceptors (Lipinski definition) is 7. The van der Waals surface area contributed by atoms with Crippen LogP contribution in [0.3, 0.4) is 0 Å². The van der Waals surface area contributed by atoms with E-state index in [2.05, 4.69) is 63.2 Å². The lowest BCUT2D eigenvalue weighted by Gasteiger charge is -2.30. The Hall–Kier alpha value is -2.28. The molecule has 7 heteroatoms. The topological polar surface area (TPSA) is 78.9 Å². The molecular weight excluding hydrogens is 302 g/mol. The molecule has 2 heterocycles. The summed E-state index contributed by atoms with van der Waals surface area (Å²) in [6.45, 7) is 12.7. The van der Waals surface area contributed by atoms with Gasteiger partial charge in [0.2, 0.25) is 5.95 Å². The highest BCUT2D eigenvalue weighted by Gasteiger charge is 2.13. The molecule has 2 N–H and O–H groups in total. The Balaban J connectivity index is 1.98. The Kier molecular flexibility index (Phi) is 6.43. The van der Waals surface area contributed by atoms with Gasteiger partial charge in [-0.2, -0.15) is 4.98 Å². The molecule has 0 bridgehead atoms. The number of aryl methyl sites for hydroxylation is 1. The fraction of sp³-hybridized carbons (Fsp3) is 0.529. The van der Waals surface area contributed by atoms with Crippen molar-refractivity contribution in [1.82, 2.24) is 24.8 Å². The van der Waals surface area contributed by atoms with E-state index in [1.54, 1.807) is 12.3 Å². The van der Waals surface area contributed by atoms with Crippen LogP contribution in [-0.4, -0.2) is 50.0 Å². The maximum atomic E-state index is 4.54. The second kappa shape index (κ2) is 8.54. The van der Waals surface area contributed by atoms with Crippen molar-refractivity contribution in [3.63, 3.8) is 0 Å². The lowest BCUT2D eigenvalue weighted by molar-refractivity contribution is 0.182. The van der Waals surface area contributed by atoms with Gasteiger partial charge in [0.25, 0.3) is 0 Å². The molecule has 24 heavy (non-hydrogen) atoms. The maximum Gasteiger partial charge on any atom is 0.230 e. The monoisotopic (exact) mass is 329 g/mol. The first kappa shape index (κ1) is 18.1. The summed E-state index contributed by atoms with van der Waals surface area (Å²) in [5.41, 5.74) is 1.02. The summed E-state index contributed by atoms with van der Waals surface area (Å²) >= 11 is 0. The zero-order valence-corrected chi connectivity index (χ0v) is 15.1. The molecule has 7 nitrogen and oxygen atoms in total. The highest BCUT2D eigenvalue weighted by atomic mass is 15.2. The van der Waals surface area contributed by atoms with Crippen LogP contribution in [-0.2, 0) is 0 Å². The van der Waals surface area contributed by atoms with E-state index in [0.717, 1.165) is 24.5 Å². The molecule has 2 rings (SSSR count). The van der Waals surface area contributed by atoms with Gasteiger partial charge in [0, 0.05) is 43.1 Å². The van der Waals surface area contributed by atoms with Crippen LogP contribution in [0.4, 0.5) is 17.6 Å². The van der Waals surface area contributed by atoms with Gasteiger partial charge in [-0.3, -0.25) is 4.90 Å². The summed E-state index contributed by atoms with van der Waals surface area (Å²) in [6, 6.07) is 2.82. The molecule has 130 valence electrons. The van der Waals surface area contributed by atoms with Crippen LogP contribution < -0.4 is 10.6 Å². The van der Waals surface area contributed by atoms with E-state index in [1.807, 2.05) is 13.1 Å². The van der Waals surface area contributed by atoms with Crippen LogP contribution in [0.25, 0.3) is 0 Å². The molecule has 0 atom stereocenters. The quantitative estimate of drug-likeness (QED) is 0.771. The van der Waals surface area contributed by atoms with E-state index in [0.29, 0.717) is 23.8 Å². The summed E-state index contributed by atoms with van der Waals surface area (Å²) in [7, 11) is 0. The average molecular weight is 329 g/mol. The van der Waals surface area contributed by atoms with E-state index in [4.69, 9.17) is 0 Å². The Morgan fingerprint density at radius 3 is 2.50 bits per heavy atom. The van der Waals surface area contributed by atoms with Gasteiger partial charge in [-0.15, -0.1) is 0 Å². The number of hydrogen-bond donors (Lipinski definition) is 2. The van der Waals surface area contributed by atoms with Crippen molar-refractivity contribution in [2.75, 3.05) is 23.7 Å². The minimum atomic E-state index is 0.520. The fourth-order valence-electron chi connectivity index (χ4n) is 2.58. The molecule has 0 aliphatic heterocycles. The standard InChI is InChI=1S/C17H27N7/c1-12(2)24(13(3)4)9-8-19-16-14(5)10-20-17(23-16)22-15-6-7-18-11-21-15/h6-7,10-13H,8-9H2,1-5H3,(H2,18,19,20,21,22,23). The van der Waals surface area contributed by atoms with Crippen LogP contribution >= 0.6 is 0 Å². The smallest absolute Gasteiger partial charge is 0.230 e. The predicted octanol–water partition coefficient (Wildman–Crippen LogP) is 2.85. The first-order valence-electron chi connectivity index (χ1n) is 8.33. The molecule has 2 aromatic rings. The second-order valence-electron chi connectivity index (χ2n) is 6.30. The largest absolute Gasteiger partial charge is 0.368 e. The summed E-state index contributed by atoms with van der Waals surface area (Å²) in [4.78, 5) is 19.3. The van der Waals surface area contributed by atoms with Gasteiger partial charge in [0.1, 0.15) is 18.0 Å². The summed E-state index contributed by atoms with van der Waals surface area (Å²) in [5, 5.41) is 6.50. The van der Waals surface area contributed by atoms with E-state index < -0.39 is 0 Å². The third-order valence-electron chi connectivity index (χ3n) is 3.78. The zero-order chi connectivity index (χ0) is 17.5. The molecule has 2 aromatic heterocycles. The second-order valence-corrected chi connectivity index (χ2v) is 6.30. The molecule has 0 aromatic carbocycles. The Morgan fingerprint density at radius 1 is 1.12 bits per heavy atom. The molecule has 0 unspecified atom stereocenters. The van der Waals surface area contributed by atoms with E-state index in [9.17, 15) is 0 Å². The molecule has 0 fully saturated rings. The molecule has 0 saturated carbocycles. The number of nitrogens with one attached hydrogen (secondary N) is 2. The van der Waals surface area contributed by atoms with Gasteiger partial charge < -0.3 is 10.6 Å². The van der Waals surface area contributed by atoms with Gasteiger partial charge in [0.05, 0.1) is 0 Å². The van der Waals surface area contributed by atoms with Crippen molar-refractivity contribution in [2.24, 2.45) is 0 Å². The predicted molar refractivity (Wildman–Crippen MR) is 97.6 cm³/mol. The van der Waals surface area contributed by atoms with Crippen molar-refractivity contribution in [3.05, 3.63) is 30.4 Å². The third-order valence-corrected chi connectivity index (χ3v) is 3.78. The van der Waals surface area contributed by atoms with Crippen molar-refractivity contribution in [3.8, 4) is 0 Å². The minimum Gasteiger partial charge on any atom is -0.368 e. The highest BCUT2D eigenvalue weighted by molar-refractivity contribution is 5.52. The lowest BCUT2D eigenvalue weighted by Crippen LogP contribution is -2.40. The maximum absolute atomic E-state index is 4.54. The first-order valence-corrected chi connectivity index (χ1v) is 8.33. The van der Waals surface area contributed by atoms with Gasteiger partial charge in [-0.1, -0.05) is 0 Å². The Labute approximate surface area is 144 Å². The van der Waals surface area contributed by atoms with Crippen LogP contribution in [0.1, 0.15) is 33.3 Å². The van der Waals surface area contributed by atoms with Gasteiger partial charge in [-0.25, -0.2) is 15.0 Å². The average Bonchev–Trinajstić information content (AvgIpc) is 2.54. The fourth-order valence-corrected chi connectivity index (χ4v) is 2.58. The van der Waals surface area contributed by atoms with E-state index in [1.165, 1.54) is 6.33 Å². The van der Waals surface area contributed by atoms with Crippen molar-refractivity contribution >= 4 is 17.6 Å². The molecule has 0 aliphatic rings. The molecule has 0 radical (unpaired) electrons. The van der Waals surface area contributed by atoms with Gasteiger partial charge >= 0.3 is 0 Å². The number of aromatic nitrogens is 4. The van der Waals surface area contributed by atoms with E-state index >= 15 is 0 Å². The van der Waals surface area contributed by atoms with Crippen molar-refractivity contribution in [1.29, 1.82) is 0 Å². The van der Waals surface area contributed by atoms with E-state index in [-0.39, 0.29) is 0 Å². The Morgan fingerprint density at radius 2 is 1.88 bits per heavy atom. The number of nitrogens with zero attached hydrogens (tertiary/aromatic N) is 5. The zero-order valence-electron chi connectivity index (χ0n) is 15.1. The SMILES string of the molecule is Cc1cnc(Nc2ccncn2)nc1NCCN(C(C)C)C(C)C. The Bertz CT molecular complexity index is 620. The molecule has 0 amide bonds. The lowest BCUT2D eigenvalue weighted by atomic mass is 10.2. The van der Waals surface area contributed by atoms with Crippen LogP contribution in [0.15, 0.2) is 24.8 Å². The summed E-state index contributed by atoms with van der Waals surface area (Å²) < 4.78 is 0. The van der Waals surface area contributed by atoms with Gasteiger partial charge in [-0.05, 0) is 40.7 Å². The van der Waals surface area contributed by atoms with Crippen LogP contribution in [0.2, 0.25) is 0 Å². The molecule has 0 aliphatic carbocycles. The normalized spacial score (nSPS) is 11.3. The summed E-state index contributed by atoms with van der Waals surface area (Å²) in [6.07, 6.45) is 4.97. The first-order chi connectivity index (χ1) is 11.5. The highest BCUT2D eigenvalue weighted by Crippen LogP contribution is 2.15. The molecular formula is C17H27N7. The minimum absolute atomic E-state index is 0.520. The number of rotatable bonds is 8. The van der Waals surface area contributed by atoms with Crippen molar-refractivity contribution < 1.29 is 0 Å². The van der Waals surface area contributed by atoms with Crippen LogP contribution in [0, 0.1) is 6.92 Å². The summed E-state index contributed by atoms with van der Waals surface area (Å²) in [5.74, 6) is 2.03. The van der Waals surface area contributed by atoms with Gasteiger partial charge in [0.15, 0.2) is 0 Å². The molecule has 0 saturated heterocycles. The number of anilines is 3. The van der Waals surface area contributed by atoms with Crippen LogP contribution in [0.5, 0.6) is 0 Å². The van der Waals surface area contributed by atoms with Crippen molar-refractivity contribution in [2.45, 2.75) is 46.7 Å².